The molecule has 2 aromatic carbocycles. The Morgan fingerprint density at radius 1 is 0.488 bits per heavy atom. The molecule has 740 valence electrons. The lowest BCUT2D eigenvalue weighted by atomic mass is 9.87. The Bertz CT molecular complexity index is 3410. The molecule has 0 spiro atoms. The van der Waals surface area contributed by atoms with E-state index in [0.29, 0.717) is 36.8 Å². The minimum Gasteiger partial charge on any atom is -0.461 e. The van der Waals surface area contributed by atoms with E-state index in [9.17, 15) is 19.9 Å². The molecule has 2 fully saturated rings. The van der Waals surface area contributed by atoms with Crippen LogP contribution in [0, 0.1) is 41.4 Å². The number of esters is 4. The standard InChI is InChI=1S/C105H183N4O18PSi/c1-18-23-28-33-38-40-45-50-56-65-82(9)101(113)120-89(80(7)63-54-48-43-36-31-26-21-4)72-93(110)107-96-100(125-95(112)73-90(81(8)64-55-49-44-37-32-27-22-5)121-102(114)83(10)66-57-51-46-41-39-34-29-24-19-2)99(126-128(115)118-75-87-69-60-61-70-88(87)76-119-128)92(77-116-74-86-67-58-52-59-68-86)123-103(96)117-78-91-85(12)98(97(108-109-106)104(122-91)127-129(16,17)105(13,14)15)124-94(111)71-84(11)79(6)62-53-47-42-35-30-25-20-3/h52,58-61,67-70,79-85,89-92,96-100,103-104H,18-51,53-57,62-66,71-78H2,1-17H3,(H,107,110)/t79?,80?,81?,82?,83?,84-,85+,89-,90-,91?,92?,96?,97?,98-,99+,100+,103+,104?/m0/s1. The maximum atomic E-state index is 16.1. The second-order valence-corrected chi connectivity index (χ2v) is 46.8. The van der Waals surface area contributed by atoms with Crippen molar-refractivity contribution >= 4 is 45.9 Å². The number of carbonyl (C=O) groups is 5. The molecule has 3 aliphatic heterocycles. The summed E-state index contributed by atoms with van der Waals surface area (Å²) in [6, 6.07) is 14.2. The Morgan fingerprint density at radius 2 is 0.884 bits per heavy atom. The third-order valence-electron chi connectivity index (χ3n) is 28.0. The number of amides is 1. The fourth-order valence-corrected chi connectivity index (χ4v) is 20.1. The number of unbranched alkanes of at least 4 members (excludes halogenated alkanes) is 34. The highest BCUT2D eigenvalue weighted by Crippen LogP contribution is 2.56. The lowest BCUT2D eigenvalue weighted by Crippen LogP contribution is -2.67. The Morgan fingerprint density at radius 3 is 1.33 bits per heavy atom. The Kier molecular flexibility index (Phi) is 58.5. The van der Waals surface area contributed by atoms with Crippen LogP contribution in [0.25, 0.3) is 10.4 Å². The summed E-state index contributed by atoms with van der Waals surface area (Å²) in [6.45, 7) is 34.5. The molecule has 0 bridgehead atoms. The molecular weight excluding hydrogens is 1660 g/mol. The SMILES string of the molecule is CCCCCCCCCCCC(C)C(=O)O[C@@H](CC(=O)NC1[C@H](OCC2OC(O[Si](C)(C)C(C)(C)C)C(N=[N+]=[N-])[C@@H](OC(=O)C[C@H](C)C(C)CCCCCCCCC)[C@@H]2C)OC(COCc2ccccc2)[C@@H](OP2(=O)OCc3ccccc3CO2)[C@@H]1OC(=O)C[C@H](OC(=O)C(C)CCCCCCCCCCC)C(C)CCCCCCCCC)C(C)CCCCCCCCC. The maximum absolute atomic E-state index is 16.1. The predicted octanol–water partition coefficient (Wildman–Crippen LogP) is 28.6. The Balaban J connectivity index is 1.72. The molecular formula is C105H183N4O18PSi. The van der Waals surface area contributed by atoms with Crippen molar-refractivity contribution in [1.82, 2.24) is 5.32 Å². The van der Waals surface area contributed by atoms with Crippen LogP contribution in [0.4, 0.5) is 0 Å². The van der Waals surface area contributed by atoms with E-state index in [4.69, 9.17) is 55.9 Å². The Labute approximate surface area is 783 Å². The van der Waals surface area contributed by atoms with E-state index in [-0.39, 0.29) is 74.6 Å². The van der Waals surface area contributed by atoms with E-state index in [1.54, 1.807) is 0 Å². The molecule has 18 atom stereocenters. The molecule has 2 saturated heterocycles. The monoisotopic (exact) mass is 1850 g/mol. The summed E-state index contributed by atoms with van der Waals surface area (Å²) < 4.78 is 97.8. The number of nitrogens with zero attached hydrogens (tertiary/aromatic N) is 3. The van der Waals surface area contributed by atoms with Crippen LogP contribution in [-0.2, 0) is 104 Å². The van der Waals surface area contributed by atoms with Gasteiger partial charge in [-0.25, -0.2) is 4.57 Å². The molecule has 0 saturated carbocycles. The summed E-state index contributed by atoms with van der Waals surface area (Å²) in [5.74, 6) is -4.83. The van der Waals surface area contributed by atoms with Gasteiger partial charge in [-0.2, -0.15) is 0 Å². The van der Waals surface area contributed by atoms with Crippen molar-refractivity contribution in [2.24, 2.45) is 46.5 Å². The van der Waals surface area contributed by atoms with Gasteiger partial charge in [0.15, 0.2) is 27.0 Å². The average molecular weight is 1850 g/mol. The van der Waals surface area contributed by atoms with Gasteiger partial charge in [-0.3, -0.25) is 37.5 Å². The van der Waals surface area contributed by atoms with Crippen LogP contribution < -0.4 is 5.32 Å². The van der Waals surface area contributed by atoms with Gasteiger partial charge in [0.05, 0.1) is 63.8 Å². The molecule has 0 aromatic heterocycles. The zero-order valence-electron chi connectivity index (χ0n) is 84.0. The van der Waals surface area contributed by atoms with Gasteiger partial charge >= 0.3 is 31.7 Å². The molecule has 129 heavy (non-hydrogen) atoms. The third-order valence-corrected chi connectivity index (χ3v) is 33.8. The minimum atomic E-state index is -4.77. The molecule has 22 nitrogen and oxygen atoms in total. The third kappa shape index (κ3) is 45.2. The summed E-state index contributed by atoms with van der Waals surface area (Å²) in [7, 11) is -7.61. The number of carbonyl (C=O) groups excluding carboxylic acids is 5. The van der Waals surface area contributed by atoms with Gasteiger partial charge in [-0.15, -0.1) is 0 Å². The molecule has 1 N–H and O–H groups in total. The van der Waals surface area contributed by atoms with Crippen LogP contribution in [0.5, 0.6) is 0 Å². The highest BCUT2D eigenvalue weighted by Gasteiger charge is 2.56. The molecule has 10 unspecified atom stereocenters. The van der Waals surface area contributed by atoms with Crippen molar-refractivity contribution < 1.29 is 84.4 Å². The molecule has 3 heterocycles. The molecule has 0 aliphatic carbocycles. The molecule has 24 heteroatoms. The van der Waals surface area contributed by atoms with Gasteiger partial charge < -0.3 is 47.6 Å². The summed E-state index contributed by atoms with van der Waals surface area (Å²) in [6.07, 6.45) is 34.9. The second-order valence-electron chi connectivity index (χ2n) is 40.4. The minimum absolute atomic E-state index is 0.0366. The number of nitrogens with one attached hydrogen (secondary N) is 1. The molecule has 3 aliphatic rings. The van der Waals surface area contributed by atoms with Gasteiger partial charge in [-0.05, 0) is 89.7 Å². The highest BCUT2D eigenvalue weighted by molar-refractivity contribution is 7.48. The summed E-state index contributed by atoms with van der Waals surface area (Å²) in [5.41, 5.74) is 12.7. The van der Waals surface area contributed by atoms with Gasteiger partial charge in [0.1, 0.15) is 42.6 Å². The molecule has 2 aromatic rings. The highest BCUT2D eigenvalue weighted by atomic mass is 31.2. The molecule has 5 rings (SSSR count). The first kappa shape index (κ1) is 115. The van der Waals surface area contributed by atoms with Crippen molar-refractivity contribution in [3.05, 3.63) is 81.7 Å². The topological polar surface area (TPSA) is 274 Å². The zero-order valence-corrected chi connectivity index (χ0v) is 85.9. The van der Waals surface area contributed by atoms with Gasteiger partial charge in [0.25, 0.3) is 0 Å². The summed E-state index contributed by atoms with van der Waals surface area (Å²) >= 11 is 0. The van der Waals surface area contributed by atoms with Crippen LogP contribution in [-0.4, -0.2) is 119 Å². The Hall–Kier alpha value is -4.77. The second kappa shape index (κ2) is 65.8. The number of rotatable bonds is 72. The average Bonchev–Trinajstić information content (AvgIpc) is 1.57. The van der Waals surface area contributed by atoms with Crippen LogP contribution in [0.15, 0.2) is 59.7 Å². The number of benzene rings is 2. The summed E-state index contributed by atoms with van der Waals surface area (Å²) in [5, 5.41) is 7.22. The van der Waals surface area contributed by atoms with E-state index < -0.39 is 137 Å². The smallest absolute Gasteiger partial charge is 0.461 e. The summed E-state index contributed by atoms with van der Waals surface area (Å²) in [4.78, 5) is 79.7. The number of azide groups is 1. The zero-order chi connectivity index (χ0) is 94.3. The van der Waals surface area contributed by atoms with Crippen LogP contribution >= 0.6 is 7.82 Å². The lowest BCUT2D eigenvalue weighted by Gasteiger charge is -2.49. The molecule has 0 radical (unpaired) electrons. The quantitative estimate of drug-likeness (QED) is 0.00941. The number of fused-ring (bicyclic) bond motifs is 1. The normalized spacial score (nSPS) is 21.9. The number of hydrogen-bond donors (Lipinski definition) is 1. The van der Waals surface area contributed by atoms with Gasteiger partial charge in [-0.1, -0.05) is 420 Å². The lowest BCUT2D eigenvalue weighted by molar-refractivity contribution is -0.292. The number of ether oxygens (including phenoxy) is 8. The van der Waals surface area contributed by atoms with Crippen molar-refractivity contribution in [1.29, 1.82) is 0 Å². The van der Waals surface area contributed by atoms with Crippen molar-refractivity contribution in [2.75, 3.05) is 13.2 Å². The van der Waals surface area contributed by atoms with Gasteiger partial charge in [0.2, 0.25) is 5.91 Å². The number of hydrogen-bond acceptors (Lipinski definition) is 19. The van der Waals surface area contributed by atoms with Crippen molar-refractivity contribution in [2.45, 2.75) is 511 Å². The van der Waals surface area contributed by atoms with E-state index in [1.807, 2.05) is 89.2 Å². The first-order chi connectivity index (χ1) is 62.0. The van der Waals surface area contributed by atoms with Gasteiger partial charge in [0, 0.05) is 17.3 Å². The van der Waals surface area contributed by atoms with E-state index in [2.05, 4.69) is 97.7 Å². The first-order valence-electron chi connectivity index (χ1n) is 52.0. The first-order valence-corrected chi connectivity index (χ1v) is 56.4. The maximum Gasteiger partial charge on any atom is 0.475 e. The number of phosphoric ester groups is 1. The number of phosphoric acid groups is 1. The van der Waals surface area contributed by atoms with E-state index >= 15 is 14.2 Å². The predicted molar refractivity (Wildman–Crippen MR) is 520 cm³/mol. The largest absolute Gasteiger partial charge is 0.475 e. The fourth-order valence-electron chi connectivity index (χ4n) is 17.6. The van der Waals surface area contributed by atoms with Crippen LogP contribution in [0.2, 0.25) is 18.1 Å². The van der Waals surface area contributed by atoms with E-state index in [1.165, 1.54) is 109 Å². The fraction of sp³-hybridized carbons (Fsp3) is 0.838. The molecule has 1 amide bonds. The van der Waals surface area contributed by atoms with E-state index in [0.717, 1.165) is 153 Å². The van der Waals surface area contributed by atoms with Crippen molar-refractivity contribution in [3.8, 4) is 0 Å². The van der Waals surface area contributed by atoms with Crippen LogP contribution in [0.1, 0.15) is 422 Å². The van der Waals surface area contributed by atoms with Crippen molar-refractivity contribution in [3.63, 3.8) is 0 Å². The van der Waals surface area contributed by atoms with Crippen LogP contribution in [0.3, 0.4) is 0 Å².